The van der Waals surface area contributed by atoms with Gasteiger partial charge < -0.3 is 20.7 Å². The Morgan fingerprint density at radius 3 is 2.50 bits per heavy atom. The third kappa shape index (κ3) is 5.27. The fourth-order valence-electron chi connectivity index (χ4n) is 4.54. The largest absolute Gasteiger partial charge is 0.444 e. The van der Waals surface area contributed by atoms with Crippen molar-refractivity contribution in [2.45, 2.75) is 65.1 Å². The molecule has 2 aliphatic rings. The Bertz CT molecular complexity index is 1430. The van der Waals surface area contributed by atoms with Crippen LogP contribution in [0.25, 0.3) is 5.69 Å². The zero-order valence-electron chi connectivity index (χ0n) is 22.2. The predicted octanol–water partition coefficient (Wildman–Crippen LogP) is 4.18. The van der Waals surface area contributed by atoms with Gasteiger partial charge in [-0.05, 0) is 81.8 Å². The first-order valence-electron chi connectivity index (χ1n) is 12.9. The highest BCUT2D eigenvalue weighted by Gasteiger charge is 2.27. The van der Waals surface area contributed by atoms with Crippen LogP contribution in [0.15, 0.2) is 42.6 Å². The van der Waals surface area contributed by atoms with Crippen LogP contribution >= 0.6 is 0 Å². The highest BCUT2D eigenvalue weighted by Crippen LogP contribution is 2.27. The van der Waals surface area contributed by atoms with E-state index in [0.29, 0.717) is 36.3 Å². The Morgan fingerprint density at radius 1 is 1.05 bits per heavy atom. The molecule has 1 aromatic heterocycles. The van der Waals surface area contributed by atoms with Gasteiger partial charge in [0.2, 0.25) is 0 Å². The summed E-state index contributed by atoms with van der Waals surface area (Å²) in [5.74, 6) is -0.192. The maximum absolute atomic E-state index is 13.5. The van der Waals surface area contributed by atoms with E-state index >= 15 is 0 Å². The highest BCUT2D eigenvalue weighted by atomic mass is 16.6. The van der Waals surface area contributed by atoms with Crippen LogP contribution < -0.4 is 11.1 Å². The Hall–Kier alpha value is -4.14. The van der Waals surface area contributed by atoms with Crippen LogP contribution in [0.3, 0.4) is 0 Å². The van der Waals surface area contributed by atoms with Crippen molar-refractivity contribution in [1.82, 2.24) is 20.0 Å². The average molecular weight is 516 g/mol. The molecule has 0 spiro atoms. The number of nitrogens with one attached hydrogen (secondary N) is 1. The molecule has 2 amide bonds. The number of amides is 2. The summed E-state index contributed by atoms with van der Waals surface area (Å²) in [5.41, 5.74) is 10.6. The summed E-state index contributed by atoms with van der Waals surface area (Å²) in [5, 5.41) is 7.38. The van der Waals surface area contributed by atoms with E-state index < -0.39 is 5.60 Å². The Balaban J connectivity index is 1.38. The molecule has 0 atom stereocenters. The van der Waals surface area contributed by atoms with Gasteiger partial charge >= 0.3 is 6.09 Å². The molecule has 38 heavy (non-hydrogen) atoms. The minimum atomic E-state index is -0.578. The number of ether oxygens (including phenoxy) is 1. The van der Waals surface area contributed by atoms with Crippen LogP contribution in [0.4, 0.5) is 10.6 Å². The minimum Gasteiger partial charge on any atom is -0.444 e. The van der Waals surface area contributed by atoms with Crippen molar-refractivity contribution >= 4 is 23.6 Å². The monoisotopic (exact) mass is 515 g/mol. The summed E-state index contributed by atoms with van der Waals surface area (Å²) in [6.07, 6.45) is 3.79. The number of nitrogens with two attached hydrogens (primary N) is 1. The molecule has 0 bridgehead atoms. The summed E-state index contributed by atoms with van der Waals surface area (Å²) >= 11 is 0. The second kappa shape index (κ2) is 9.63. The molecule has 1 aliphatic carbocycles. The molecular weight excluding hydrogens is 482 g/mol. The van der Waals surface area contributed by atoms with Crippen molar-refractivity contribution in [1.29, 1.82) is 0 Å². The van der Waals surface area contributed by atoms with E-state index in [1.807, 2.05) is 45.9 Å². The maximum Gasteiger partial charge on any atom is 0.410 e. The number of nitrogen functional groups attached to an aromatic ring is 1. The van der Waals surface area contributed by atoms with E-state index in [1.165, 1.54) is 10.9 Å². The quantitative estimate of drug-likeness (QED) is 0.492. The molecule has 1 fully saturated rings. The van der Waals surface area contributed by atoms with Gasteiger partial charge in [0.1, 0.15) is 11.4 Å². The van der Waals surface area contributed by atoms with Crippen LogP contribution in [0.2, 0.25) is 0 Å². The molecular formula is C29H33N5O4. The van der Waals surface area contributed by atoms with E-state index in [2.05, 4.69) is 10.4 Å². The number of aromatic nitrogens is 2. The van der Waals surface area contributed by atoms with Gasteiger partial charge in [0.15, 0.2) is 5.78 Å². The maximum atomic E-state index is 13.5. The number of anilines is 1. The second-order valence-corrected chi connectivity index (χ2v) is 11.1. The number of hydrogen-bond donors (Lipinski definition) is 2. The van der Waals surface area contributed by atoms with Crippen LogP contribution in [-0.4, -0.2) is 50.7 Å². The van der Waals surface area contributed by atoms with Gasteiger partial charge in [-0.1, -0.05) is 18.2 Å². The smallest absolute Gasteiger partial charge is 0.410 e. The molecule has 5 rings (SSSR count). The van der Waals surface area contributed by atoms with Crippen molar-refractivity contribution in [2.24, 2.45) is 0 Å². The zero-order chi connectivity index (χ0) is 27.2. The molecule has 9 nitrogen and oxygen atoms in total. The molecule has 198 valence electrons. The molecule has 0 saturated heterocycles. The van der Waals surface area contributed by atoms with Gasteiger partial charge in [0, 0.05) is 30.3 Å². The molecule has 9 heteroatoms. The normalized spacial score (nSPS) is 15.1. The van der Waals surface area contributed by atoms with Gasteiger partial charge in [0.25, 0.3) is 5.91 Å². The van der Waals surface area contributed by atoms with Gasteiger partial charge in [-0.15, -0.1) is 0 Å². The molecule has 3 N–H and O–H groups in total. The number of nitrogens with zero attached hydrogens (tertiary/aromatic N) is 3. The van der Waals surface area contributed by atoms with E-state index in [9.17, 15) is 14.4 Å². The zero-order valence-corrected chi connectivity index (χ0v) is 22.2. The molecule has 0 radical (unpaired) electrons. The highest BCUT2D eigenvalue weighted by molar-refractivity contribution is 6.11. The topological polar surface area (TPSA) is 120 Å². The number of carbonyl (C=O) groups is 3. The van der Waals surface area contributed by atoms with Crippen LogP contribution in [-0.2, 0) is 17.7 Å². The Morgan fingerprint density at radius 2 is 1.79 bits per heavy atom. The number of aryl methyl sites for hydroxylation is 1. The van der Waals surface area contributed by atoms with Gasteiger partial charge in [-0.2, -0.15) is 5.10 Å². The van der Waals surface area contributed by atoms with Crippen LogP contribution in [0, 0.1) is 6.92 Å². The Labute approximate surface area is 221 Å². The lowest BCUT2D eigenvalue weighted by Gasteiger charge is -2.31. The number of benzene rings is 2. The summed E-state index contributed by atoms with van der Waals surface area (Å²) in [4.78, 5) is 40.3. The third-order valence-corrected chi connectivity index (χ3v) is 6.80. The predicted molar refractivity (Wildman–Crippen MR) is 143 cm³/mol. The van der Waals surface area contributed by atoms with Crippen molar-refractivity contribution in [3.63, 3.8) is 0 Å². The fourth-order valence-corrected chi connectivity index (χ4v) is 4.54. The van der Waals surface area contributed by atoms with Crippen molar-refractivity contribution in [2.75, 3.05) is 12.3 Å². The molecule has 1 aliphatic heterocycles. The van der Waals surface area contributed by atoms with Crippen LogP contribution in [0.5, 0.6) is 0 Å². The first kappa shape index (κ1) is 25.5. The van der Waals surface area contributed by atoms with E-state index in [4.69, 9.17) is 10.5 Å². The van der Waals surface area contributed by atoms with E-state index in [1.54, 1.807) is 23.1 Å². The lowest BCUT2D eigenvalue weighted by Crippen LogP contribution is -2.39. The van der Waals surface area contributed by atoms with Gasteiger partial charge in [-0.25, -0.2) is 9.48 Å². The number of hydrogen-bond acceptors (Lipinski definition) is 6. The van der Waals surface area contributed by atoms with Crippen LogP contribution in [0.1, 0.15) is 76.6 Å². The SMILES string of the molecule is Cc1ccc(C(=O)NC2CC2)cc1-n1ncc(C(=O)c2ccc3c(c2)CN(C(=O)OC(C)(C)C)CC3)c1N. The average Bonchev–Trinajstić information content (AvgIpc) is 3.61. The first-order chi connectivity index (χ1) is 18.0. The molecule has 3 aromatic rings. The summed E-state index contributed by atoms with van der Waals surface area (Å²) in [6, 6.07) is 11.2. The van der Waals surface area contributed by atoms with Crippen molar-refractivity contribution in [3.8, 4) is 5.69 Å². The fraction of sp³-hybridized carbons (Fsp3) is 0.379. The number of rotatable bonds is 5. The van der Waals surface area contributed by atoms with E-state index in [0.717, 1.165) is 29.5 Å². The third-order valence-electron chi connectivity index (χ3n) is 6.80. The second-order valence-electron chi connectivity index (χ2n) is 11.1. The molecule has 2 heterocycles. The molecule has 1 saturated carbocycles. The molecule has 0 unspecified atom stereocenters. The summed E-state index contributed by atoms with van der Waals surface area (Å²) in [7, 11) is 0. The lowest BCUT2D eigenvalue weighted by molar-refractivity contribution is 0.0224. The first-order valence-corrected chi connectivity index (χ1v) is 12.9. The van der Waals surface area contributed by atoms with Gasteiger partial charge in [-0.3, -0.25) is 9.59 Å². The minimum absolute atomic E-state index is 0.134. The lowest BCUT2D eigenvalue weighted by atomic mass is 9.95. The van der Waals surface area contributed by atoms with E-state index in [-0.39, 0.29) is 35.2 Å². The standard InChI is InChI=1S/C29H33N5O4/c1-17-5-6-20(27(36)32-22-9-10-22)14-24(17)34-26(30)23(15-31-34)25(35)19-8-7-18-11-12-33(16-21(18)13-19)28(37)38-29(2,3)4/h5-8,13-15,22H,9-12,16,30H2,1-4H3,(H,32,36). The summed E-state index contributed by atoms with van der Waals surface area (Å²) in [6.45, 7) is 8.35. The number of carbonyl (C=O) groups excluding carboxylic acids is 3. The summed E-state index contributed by atoms with van der Waals surface area (Å²) < 4.78 is 7.02. The Kier molecular flexibility index (Phi) is 6.46. The number of ketones is 1. The van der Waals surface area contributed by atoms with Gasteiger partial charge in [0.05, 0.1) is 17.4 Å². The van der Waals surface area contributed by atoms with Crippen molar-refractivity contribution in [3.05, 3.63) is 76.0 Å². The molecule has 2 aromatic carbocycles. The number of fused-ring (bicyclic) bond motifs is 1. The van der Waals surface area contributed by atoms with Crippen molar-refractivity contribution < 1.29 is 19.1 Å².